The molecule has 1 aromatic carbocycles. The summed E-state index contributed by atoms with van der Waals surface area (Å²) in [6.07, 6.45) is 4.99. The number of rotatable bonds is 7. The maximum atomic E-state index is 12.1. The van der Waals surface area contributed by atoms with Gasteiger partial charge >= 0.3 is 0 Å². The molecule has 0 bridgehead atoms. The molecule has 2 fully saturated rings. The molecular weight excluding hydrogens is 384 g/mol. The van der Waals surface area contributed by atoms with Crippen LogP contribution in [0.25, 0.3) is 0 Å². The number of nitrogens with one attached hydrogen (secondary N) is 1. The van der Waals surface area contributed by atoms with Crippen molar-refractivity contribution >= 4 is 27.7 Å². The van der Waals surface area contributed by atoms with Crippen molar-refractivity contribution in [3.05, 3.63) is 28.7 Å². The van der Waals surface area contributed by atoms with Gasteiger partial charge in [-0.15, -0.1) is 0 Å². The van der Waals surface area contributed by atoms with Crippen LogP contribution in [0, 0.1) is 5.92 Å². The molecule has 0 aromatic heterocycles. The fourth-order valence-corrected chi connectivity index (χ4v) is 3.49. The number of likely N-dealkylation sites (tertiary alicyclic amines) is 1. The Bertz CT molecular complexity index is 610. The normalized spacial score (nSPS) is 18.0. The molecular formula is C19H25BrN2O3. The van der Waals surface area contributed by atoms with Gasteiger partial charge in [-0.25, -0.2) is 0 Å². The average molecular weight is 409 g/mol. The van der Waals surface area contributed by atoms with Crippen molar-refractivity contribution in [2.45, 2.75) is 44.6 Å². The fourth-order valence-electron chi connectivity index (χ4n) is 3.11. The van der Waals surface area contributed by atoms with E-state index in [0.717, 1.165) is 49.0 Å². The number of halogens is 1. The van der Waals surface area contributed by atoms with Gasteiger partial charge in [0.1, 0.15) is 5.75 Å². The lowest BCUT2D eigenvalue weighted by Gasteiger charge is -2.32. The Morgan fingerprint density at radius 3 is 2.64 bits per heavy atom. The van der Waals surface area contributed by atoms with E-state index in [-0.39, 0.29) is 17.9 Å². The molecule has 0 atom stereocenters. The van der Waals surface area contributed by atoms with E-state index >= 15 is 0 Å². The zero-order chi connectivity index (χ0) is 17.6. The van der Waals surface area contributed by atoms with Crippen molar-refractivity contribution in [3.8, 4) is 5.75 Å². The molecule has 0 unspecified atom stereocenters. The minimum atomic E-state index is 0.0739. The summed E-state index contributed by atoms with van der Waals surface area (Å²) >= 11 is 3.41. The van der Waals surface area contributed by atoms with E-state index in [1.165, 1.54) is 0 Å². The van der Waals surface area contributed by atoms with E-state index in [4.69, 9.17) is 4.74 Å². The summed E-state index contributed by atoms with van der Waals surface area (Å²) in [7, 11) is 0. The van der Waals surface area contributed by atoms with Crippen LogP contribution in [0.1, 0.15) is 38.5 Å². The lowest BCUT2D eigenvalue weighted by molar-refractivity contribution is -0.133. The maximum Gasteiger partial charge on any atom is 0.225 e. The highest BCUT2D eigenvalue weighted by molar-refractivity contribution is 9.10. The second-order valence-electron chi connectivity index (χ2n) is 6.85. The molecule has 1 saturated carbocycles. The van der Waals surface area contributed by atoms with Gasteiger partial charge in [-0.1, -0.05) is 22.0 Å². The van der Waals surface area contributed by atoms with Gasteiger partial charge < -0.3 is 15.0 Å². The standard InChI is InChI=1S/C19H25BrN2O3/c20-15-3-1-4-17(13-15)25-12-2-5-18(23)21-16-8-10-22(11-9-16)19(24)14-6-7-14/h1,3-4,13-14,16H,2,5-12H2,(H,21,23). The van der Waals surface area contributed by atoms with E-state index < -0.39 is 0 Å². The highest BCUT2D eigenvalue weighted by Crippen LogP contribution is 2.31. The van der Waals surface area contributed by atoms with Crippen LogP contribution in [0.3, 0.4) is 0 Å². The maximum absolute atomic E-state index is 12.1. The third-order valence-corrected chi connectivity index (χ3v) is 5.20. The second-order valence-corrected chi connectivity index (χ2v) is 7.77. The van der Waals surface area contributed by atoms with Crippen LogP contribution in [0.5, 0.6) is 5.75 Å². The zero-order valence-electron chi connectivity index (χ0n) is 14.4. The van der Waals surface area contributed by atoms with Gasteiger partial charge in [-0.3, -0.25) is 9.59 Å². The van der Waals surface area contributed by atoms with E-state index in [1.54, 1.807) is 0 Å². The molecule has 3 rings (SSSR count). The molecule has 1 aliphatic heterocycles. The predicted molar refractivity (Wildman–Crippen MR) is 99.3 cm³/mol. The van der Waals surface area contributed by atoms with E-state index in [1.807, 2.05) is 29.2 Å². The van der Waals surface area contributed by atoms with Crippen LogP contribution in [0.2, 0.25) is 0 Å². The summed E-state index contributed by atoms with van der Waals surface area (Å²) in [6.45, 7) is 2.07. The van der Waals surface area contributed by atoms with Crippen molar-refractivity contribution in [1.82, 2.24) is 10.2 Å². The smallest absolute Gasteiger partial charge is 0.225 e. The number of amides is 2. The number of piperidine rings is 1. The Morgan fingerprint density at radius 2 is 1.96 bits per heavy atom. The highest BCUT2D eigenvalue weighted by Gasteiger charge is 2.34. The lowest BCUT2D eigenvalue weighted by Crippen LogP contribution is -2.47. The Balaban J connectivity index is 1.28. The van der Waals surface area contributed by atoms with Gasteiger partial charge in [-0.05, 0) is 50.3 Å². The summed E-state index contributed by atoms with van der Waals surface area (Å²) in [5.74, 6) is 1.48. The quantitative estimate of drug-likeness (QED) is 0.704. The first-order chi connectivity index (χ1) is 12.1. The number of hydrogen-bond donors (Lipinski definition) is 1. The number of nitrogens with zero attached hydrogens (tertiary/aromatic N) is 1. The van der Waals surface area contributed by atoms with Gasteiger partial charge in [0.25, 0.3) is 0 Å². The second kappa shape index (κ2) is 8.70. The molecule has 1 N–H and O–H groups in total. The molecule has 136 valence electrons. The number of benzene rings is 1. The van der Waals surface area contributed by atoms with Crippen molar-refractivity contribution < 1.29 is 14.3 Å². The van der Waals surface area contributed by atoms with Gasteiger partial charge in [0, 0.05) is 35.9 Å². The highest BCUT2D eigenvalue weighted by atomic mass is 79.9. The summed E-state index contributed by atoms with van der Waals surface area (Å²) in [6, 6.07) is 7.89. The Labute approximate surface area is 157 Å². The predicted octanol–water partition coefficient (Wildman–Crippen LogP) is 3.13. The molecule has 0 spiro atoms. The first kappa shape index (κ1) is 18.2. The fraction of sp³-hybridized carbons (Fsp3) is 0.579. The molecule has 5 nitrogen and oxygen atoms in total. The summed E-state index contributed by atoms with van der Waals surface area (Å²) in [5.41, 5.74) is 0. The van der Waals surface area contributed by atoms with Gasteiger partial charge in [0.15, 0.2) is 0 Å². The molecule has 0 radical (unpaired) electrons. The third kappa shape index (κ3) is 5.73. The van der Waals surface area contributed by atoms with Crippen LogP contribution < -0.4 is 10.1 Å². The van der Waals surface area contributed by atoms with Crippen LogP contribution in [0.4, 0.5) is 0 Å². The van der Waals surface area contributed by atoms with Gasteiger partial charge in [-0.2, -0.15) is 0 Å². The molecule has 1 saturated heterocycles. The van der Waals surface area contributed by atoms with E-state index in [0.29, 0.717) is 25.4 Å². The molecule has 2 aliphatic rings. The van der Waals surface area contributed by atoms with Gasteiger partial charge in [0.05, 0.1) is 6.61 Å². The van der Waals surface area contributed by atoms with Crippen molar-refractivity contribution in [2.75, 3.05) is 19.7 Å². The van der Waals surface area contributed by atoms with E-state index in [9.17, 15) is 9.59 Å². The third-order valence-electron chi connectivity index (χ3n) is 4.71. The van der Waals surface area contributed by atoms with Gasteiger partial charge in [0.2, 0.25) is 11.8 Å². The lowest BCUT2D eigenvalue weighted by atomic mass is 10.0. The Hall–Kier alpha value is -1.56. The van der Waals surface area contributed by atoms with Crippen molar-refractivity contribution in [1.29, 1.82) is 0 Å². The first-order valence-electron chi connectivity index (χ1n) is 9.08. The van der Waals surface area contributed by atoms with Crippen LogP contribution in [0.15, 0.2) is 28.7 Å². The monoisotopic (exact) mass is 408 g/mol. The number of carbonyl (C=O) groups is 2. The zero-order valence-corrected chi connectivity index (χ0v) is 16.0. The Kier molecular flexibility index (Phi) is 6.34. The summed E-state index contributed by atoms with van der Waals surface area (Å²) in [5, 5.41) is 3.09. The molecule has 6 heteroatoms. The molecule has 1 heterocycles. The summed E-state index contributed by atoms with van der Waals surface area (Å²) < 4.78 is 6.62. The molecule has 1 aromatic rings. The average Bonchev–Trinajstić information content (AvgIpc) is 3.44. The topological polar surface area (TPSA) is 58.6 Å². The number of carbonyl (C=O) groups excluding carboxylic acids is 2. The largest absolute Gasteiger partial charge is 0.494 e. The number of hydrogen-bond acceptors (Lipinski definition) is 3. The SMILES string of the molecule is O=C(CCCOc1cccc(Br)c1)NC1CCN(C(=O)C2CC2)CC1. The molecule has 1 aliphatic carbocycles. The van der Waals surface area contributed by atoms with Crippen LogP contribution >= 0.6 is 15.9 Å². The minimum Gasteiger partial charge on any atom is -0.494 e. The minimum absolute atomic E-state index is 0.0739. The van der Waals surface area contributed by atoms with Crippen LogP contribution in [-0.4, -0.2) is 42.5 Å². The van der Waals surface area contributed by atoms with E-state index in [2.05, 4.69) is 21.2 Å². The Morgan fingerprint density at radius 1 is 1.20 bits per heavy atom. The van der Waals surface area contributed by atoms with Crippen LogP contribution in [-0.2, 0) is 9.59 Å². The van der Waals surface area contributed by atoms with Crippen molar-refractivity contribution in [3.63, 3.8) is 0 Å². The first-order valence-corrected chi connectivity index (χ1v) is 9.87. The molecule has 25 heavy (non-hydrogen) atoms. The summed E-state index contributed by atoms with van der Waals surface area (Å²) in [4.78, 5) is 26.0. The molecule has 2 amide bonds. The van der Waals surface area contributed by atoms with Crippen molar-refractivity contribution in [2.24, 2.45) is 5.92 Å². The number of ether oxygens (including phenoxy) is 1.